The van der Waals surface area contributed by atoms with Gasteiger partial charge in [-0.1, -0.05) is 33.6 Å². The lowest BCUT2D eigenvalue weighted by Gasteiger charge is -2.12. The van der Waals surface area contributed by atoms with Crippen molar-refractivity contribution in [3.8, 4) is 0 Å². The normalized spacial score (nSPS) is 11.2. The lowest BCUT2D eigenvalue weighted by molar-refractivity contribution is 0.728. The first-order valence-corrected chi connectivity index (χ1v) is 9.04. The van der Waals surface area contributed by atoms with Crippen LogP contribution in [0.2, 0.25) is 5.02 Å². The average Bonchev–Trinajstić information content (AvgIpc) is 2.77. The summed E-state index contributed by atoms with van der Waals surface area (Å²) in [5.74, 6) is 0.763. The Kier molecular flexibility index (Phi) is 9.23. The second kappa shape index (κ2) is 10.4. The standard InChI is InChI=1S/C17H23BrClN5.HI/c1-5-20-17(21-9-13-6-7-14(18)8-16(13)19)22-10-15-11(2)23-24(4)12(15)3;/h6-8H,5,9-10H2,1-4H3,(H2,20,21,22);1H. The Bertz CT molecular complexity index is 745. The fourth-order valence-electron chi connectivity index (χ4n) is 2.40. The number of nitrogens with one attached hydrogen (secondary N) is 2. The Morgan fingerprint density at radius 3 is 2.60 bits per heavy atom. The van der Waals surface area contributed by atoms with Crippen LogP contribution in [0.1, 0.15) is 29.4 Å². The summed E-state index contributed by atoms with van der Waals surface area (Å²) >= 11 is 9.67. The summed E-state index contributed by atoms with van der Waals surface area (Å²) in [4.78, 5) is 4.62. The molecule has 1 aromatic carbocycles. The lowest BCUT2D eigenvalue weighted by Crippen LogP contribution is -2.37. The third-order valence-corrected chi connectivity index (χ3v) is 4.70. The largest absolute Gasteiger partial charge is 0.357 e. The fourth-order valence-corrected chi connectivity index (χ4v) is 3.13. The van der Waals surface area contributed by atoms with Crippen molar-refractivity contribution in [3.05, 3.63) is 50.2 Å². The van der Waals surface area contributed by atoms with E-state index in [1.165, 1.54) is 5.56 Å². The Hall–Kier alpha value is -0.800. The van der Waals surface area contributed by atoms with Gasteiger partial charge in [0.25, 0.3) is 0 Å². The number of aromatic nitrogens is 2. The molecule has 25 heavy (non-hydrogen) atoms. The number of nitrogens with zero attached hydrogens (tertiary/aromatic N) is 3. The Labute approximate surface area is 179 Å². The van der Waals surface area contributed by atoms with Gasteiger partial charge in [-0.2, -0.15) is 5.10 Å². The minimum absolute atomic E-state index is 0. The van der Waals surface area contributed by atoms with E-state index in [1.807, 2.05) is 43.8 Å². The number of hydrogen-bond acceptors (Lipinski definition) is 2. The molecule has 0 unspecified atom stereocenters. The van der Waals surface area contributed by atoms with Crippen molar-refractivity contribution in [2.75, 3.05) is 6.54 Å². The zero-order valence-corrected chi connectivity index (χ0v) is 19.5. The summed E-state index contributed by atoms with van der Waals surface area (Å²) in [5, 5.41) is 11.8. The number of aryl methyl sites for hydroxylation is 2. The molecular formula is C17H24BrClIN5. The van der Waals surface area contributed by atoms with E-state index in [0.717, 1.165) is 33.9 Å². The van der Waals surface area contributed by atoms with Crippen LogP contribution in [0, 0.1) is 13.8 Å². The highest BCUT2D eigenvalue weighted by atomic mass is 127. The van der Waals surface area contributed by atoms with E-state index in [-0.39, 0.29) is 24.0 Å². The van der Waals surface area contributed by atoms with Gasteiger partial charge < -0.3 is 10.6 Å². The van der Waals surface area contributed by atoms with Gasteiger partial charge in [0.05, 0.1) is 12.2 Å². The molecule has 2 aromatic rings. The highest BCUT2D eigenvalue weighted by Crippen LogP contribution is 2.21. The van der Waals surface area contributed by atoms with Crippen LogP contribution in [0.4, 0.5) is 0 Å². The van der Waals surface area contributed by atoms with Crippen LogP contribution >= 0.6 is 51.5 Å². The maximum absolute atomic E-state index is 6.26. The summed E-state index contributed by atoms with van der Waals surface area (Å²) in [6.45, 7) is 8.14. The number of benzene rings is 1. The number of aliphatic imine (C=N–C) groups is 1. The van der Waals surface area contributed by atoms with E-state index in [9.17, 15) is 0 Å². The molecule has 0 aliphatic carbocycles. The molecule has 138 valence electrons. The summed E-state index contributed by atoms with van der Waals surface area (Å²) in [5.41, 5.74) is 4.39. The minimum Gasteiger partial charge on any atom is -0.357 e. The number of guanidine groups is 1. The summed E-state index contributed by atoms with van der Waals surface area (Å²) < 4.78 is 2.87. The van der Waals surface area contributed by atoms with Crippen LogP contribution in [0.15, 0.2) is 27.7 Å². The van der Waals surface area contributed by atoms with Crippen molar-refractivity contribution in [2.24, 2.45) is 12.0 Å². The quantitative estimate of drug-likeness (QED) is 0.337. The first-order valence-electron chi connectivity index (χ1n) is 7.87. The minimum atomic E-state index is 0. The molecule has 8 heteroatoms. The second-order valence-corrected chi connectivity index (χ2v) is 6.88. The third-order valence-electron chi connectivity index (χ3n) is 3.86. The van der Waals surface area contributed by atoms with Gasteiger partial charge in [-0.25, -0.2) is 4.99 Å². The molecule has 5 nitrogen and oxygen atoms in total. The first-order chi connectivity index (χ1) is 11.4. The number of halogens is 3. The van der Waals surface area contributed by atoms with Crippen molar-refractivity contribution in [3.63, 3.8) is 0 Å². The molecule has 0 fully saturated rings. The fraction of sp³-hybridized carbons (Fsp3) is 0.412. The highest BCUT2D eigenvalue weighted by Gasteiger charge is 2.10. The van der Waals surface area contributed by atoms with Crippen LogP contribution in [-0.2, 0) is 20.1 Å². The maximum atomic E-state index is 6.26. The second-order valence-electron chi connectivity index (χ2n) is 5.56. The molecular weight excluding hydrogens is 516 g/mol. The molecule has 2 N–H and O–H groups in total. The topological polar surface area (TPSA) is 54.2 Å². The van der Waals surface area contributed by atoms with Crippen LogP contribution in [0.25, 0.3) is 0 Å². The van der Waals surface area contributed by atoms with E-state index in [0.29, 0.717) is 18.1 Å². The molecule has 0 aliphatic heterocycles. The number of rotatable bonds is 5. The Morgan fingerprint density at radius 1 is 1.32 bits per heavy atom. The van der Waals surface area contributed by atoms with E-state index < -0.39 is 0 Å². The van der Waals surface area contributed by atoms with Crippen molar-refractivity contribution in [1.82, 2.24) is 20.4 Å². The van der Waals surface area contributed by atoms with E-state index in [4.69, 9.17) is 11.6 Å². The van der Waals surface area contributed by atoms with Crippen molar-refractivity contribution in [2.45, 2.75) is 33.9 Å². The van der Waals surface area contributed by atoms with Crippen LogP contribution in [0.5, 0.6) is 0 Å². The van der Waals surface area contributed by atoms with Gasteiger partial charge in [0.15, 0.2) is 5.96 Å². The summed E-state index contributed by atoms with van der Waals surface area (Å²) in [6, 6.07) is 5.84. The summed E-state index contributed by atoms with van der Waals surface area (Å²) in [7, 11) is 1.96. The smallest absolute Gasteiger partial charge is 0.191 e. The molecule has 1 heterocycles. The number of hydrogen-bond donors (Lipinski definition) is 2. The van der Waals surface area contributed by atoms with Gasteiger partial charge in [0.1, 0.15) is 0 Å². The molecule has 2 rings (SSSR count). The molecule has 0 bridgehead atoms. The van der Waals surface area contributed by atoms with Gasteiger partial charge in [-0.15, -0.1) is 24.0 Å². The molecule has 0 saturated heterocycles. The van der Waals surface area contributed by atoms with E-state index in [2.05, 4.69) is 43.6 Å². The van der Waals surface area contributed by atoms with Crippen molar-refractivity contribution < 1.29 is 0 Å². The van der Waals surface area contributed by atoms with Crippen LogP contribution in [-0.4, -0.2) is 22.3 Å². The predicted molar refractivity (Wildman–Crippen MR) is 119 cm³/mol. The molecule has 0 aliphatic rings. The molecule has 0 amide bonds. The first kappa shape index (κ1) is 22.2. The van der Waals surface area contributed by atoms with E-state index in [1.54, 1.807) is 0 Å². The molecule has 0 spiro atoms. The Balaban J connectivity index is 0.00000312. The molecule has 0 radical (unpaired) electrons. The highest BCUT2D eigenvalue weighted by molar-refractivity contribution is 14.0. The molecule has 0 saturated carbocycles. The molecule has 1 aromatic heterocycles. The summed E-state index contributed by atoms with van der Waals surface area (Å²) in [6.07, 6.45) is 0. The third kappa shape index (κ3) is 6.14. The average molecular weight is 541 g/mol. The van der Waals surface area contributed by atoms with Gasteiger partial charge in [-0.05, 0) is 38.5 Å². The Morgan fingerprint density at radius 2 is 2.04 bits per heavy atom. The maximum Gasteiger partial charge on any atom is 0.191 e. The SMILES string of the molecule is CCNC(=NCc1ccc(Br)cc1Cl)NCc1c(C)nn(C)c1C.I. The van der Waals surface area contributed by atoms with Crippen LogP contribution in [0.3, 0.4) is 0 Å². The van der Waals surface area contributed by atoms with Gasteiger partial charge in [0.2, 0.25) is 0 Å². The van der Waals surface area contributed by atoms with Crippen LogP contribution < -0.4 is 10.6 Å². The zero-order valence-electron chi connectivity index (χ0n) is 14.9. The van der Waals surface area contributed by atoms with E-state index >= 15 is 0 Å². The van der Waals surface area contributed by atoms with Gasteiger partial charge in [0, 0.05) is 40.9 Å². The van der Waals surface area contributed by atoms with Gasteiger partial charge in [-0.3, -0.25) is 4.68 Å². The van der Waals surface area contributed by atoms with Crippen molar-refractivity contribution >= 4 is 57.5 Å². The van der Waals surface area contributed by atoms with Gasteiger partial charge >= 0.3 is 0 Å². The lowest BCUT2D eigenvalue weighted by atomic mass is 10.2. The molecule has 0 atom stereocenters. The predicted octanol–water partition coefficient (Wildman–Crippen LogP) is 4.33. The van der Waals surface area contributed by atoms with Crippen molar-refractivity contribution in [1.29, 1.82) is 0 Å². The zero-order chi connectivity index (χ0) is 17.7. The monoisotopic (exact) mass is 539 g/mol.